The van der Waals surface area contributed by atoms with Crippen molar-refractivity contribution in [2.24, 2.45) is 0 Å². The highest BCUT2D eigenvalue weighted by molar-refractivity contribution is 7.18. The van der Waals surface area contributed by atoms with Crippen LogP contribution in [0.5, 0.6) is 5.75 Å². The fraction of sp³-hybridized carbons (Fsp3) is 0.385. The smallest absolute Gasteiger partial charge is 0.408 e. The summed E-state index contributed by atoms with van der Waals surface area (Å²) in [6.45, 7) is 5.75. The van der Waals surface area contributed by atoms with Gasteiger partial charge >= 0.3 is 6.09 Å². The predicted octanol–water partition coefficient (Wildman–Crippen LogP) is 3.03. The molecule has 6 heteroatoms. The van der Waals surface area contributed by atoms with Gasteiger partial charge in [0.05, 0.1) is 16.8 Å². The average molecular weight is 280 g/mol. The minimum atomic E-state index is -0.510. The molecule has 1 amide bonds. The highest BCUT2D eigenvalue weighted by atomic mass is 32.1. The monoisotopic (exact) mass is 280 g/mol. The van der Waals surface area contributed by atoms with Gasteiger partial charge in [0, 0.05) is 0 Å². The number of ether oxygens (including phenoxy) is 1. The van der Waals surface area contributed by atoms with Crippen LogP contribution in [0.1, 0.15) is 25.8 Å². The van der Waals surface area contributed by atoms with Crippen LogP contribution in [0.25, 0.3) is 10.2 Å². The van der Waals surface area contributed by atoms with Crippen molar-refractivity contribution >= 4 is 27.6 Å². The maximum Gasteiger partial charge on any atom is 0.408 e. The number of fused-ring (bicyclic) bond motifs is 1. The first kappa shape index (κ1) is 13.6. The number of aromatic hydroxyl groups is 1. The van der Waals surface area contributed by atoms with Crippen LogP contribution in [-0.2, 0) is 11.3 Å². The highest BCUT2D eigenvalue weighted by Gasteiger charge is 2.16. The molecule has 0 saturated heterocycles. The van der Waals surface area contributed by atoms with E-state index in [1.54, 1.807) is 18.2 Å². The Labute approximate surface area is 115 Å². The topological polar surface area (TPSA) is 71.5 Å². The van der Waals surface area contributed by atoms with Crippen LogP contribution >= 0.6 is 11.3 Å². The molecule has 0 aliphatic rings. The summed E-state index contributed by atoms with van der Waals surface area (Å²) in [7, 11) is 0. The number of nitrogens with zero attached hydrogens (tertiary/aromatic N) is 1. The number of amides is 1. The summed E-state index contributed by atoms with van der Waals surface area (Å²) in [4.78, 5) is 15.9. The summed E-state index contributed by atoms with van der Waals surface area (Å²) < 4.78 is 6.03. The van der Waals surface area contributed by atoms with Crippen LogP contribution in [0.3, 0.4) is 0 Å². The second-order valence-corrected chi connectivity index (χ2v) is 6.23. The fourth-order valence-electron chi connectivity index (χ4n) is 1.50. The normalized spacial score (nSPS) is 11.5. The van der Waals surface area contributed by atoms with E-state index in [-0.39, 0.29) is 5.75 Å². The minimum Gasteiger partial charge on any atom is -0.508 e. The van der Waals surface area contributed by atoms with Gasteiger partial charge in [0.25, 0.3) is 0 Å². The second-order valence-electron chi connectivity index (χ2n) is 5.12. The first-order chi connectivity index (χ1) is 8.83. The molecule has 0 aliphatic carbocycles. The zero-order valence-electron chi connectivity index (χ0n) is 11.1. The number of rotatable bonds is 2. The number of carbonyl (C=O) groups is 1. The van der Waals surface area contributed by atoms with Gasteiger partial charge in [-0.05, 0) is 39.0 Å². The molecule has 2 aromatic rings. The number of hydrogen-bond acceptors (Lipinski definition) is 5. The molecular weight excluding hydrogens is 264 g/mol. The van der Waals surface area contributed by atoms with E-state index >= 15 is 0 Å². The number of aromatic nitrogens is 1. The van der Waals surface area contributed by atoms with Crippen molar-refractivity contribution in [2.75, 3.05) is 0 Å². The molecule has 0 fully saturated rings. The quantitative estimate of drug-likeness (QED) is 0.887. The Balaban J connectivity index is 2.00. The largest absolute Gasteiger partial charge is 0.508 e. The Morgan fingerprint density at radius 2 is 2.21 bits per heavy atom. The summed E-state index contributed by atoms with van der Waals surface area (Å²) in [5, 5.41) is 12.8. The third kappa shape index (κ3) is 3.82. The molecule has 0 radical (unpaired) electrons. The number of carbonyl (C=O) groups excluding carboxylic acids is 1. The number of nitrogens with one attached hydrogen (secondary N) is 1. The molecule has 2 rings (SSSR count). The highest BCUT2D eigenvalue weighted by Crippen LogP contribution is 2.25. The third-order valence-electron chi connectivity index (χ3n) is 2.20. The van der Waals surface area contributed by atoms with Gasteiger partial charge < -0.3 is 15.2 Å². The van der Waals surface area contributed by atoms with Crippen molar-refractivity contribution in [3.63, 3.8) is 0 Å². The molecule has 1 heterocycles. The Kier molecular flexibility index (Phi) is 3.61. The van der Waals surface area contributed by atoms with Gasteiger partial charge in [-0.25, -0.2) is 9.78 Å². The molecule has 0 spiro atoms. The van der Waals surface area contributed by atoms with E-state index in [4.69, 9.17) is 4.74 Å². The molecule has 2 N–H and O–H groups in total. The molecule has 1 aromatic carbocycles. The summed E-state index contributed by atoms with van der Waals surface area (Å²) in [5.74, 6) is 0.211. The molecule has 0 bridgehead atoms. The van der Waals surface area contributed by atoms with E-state index in [1.807, 2.05) is 20.8 Å². The average Bonchev–Trinajstić information content (AvgIpc) is 2.66. The van der Waals surface area contributed by atoms with Gasteiger partial charge in [-0.3, -0.25) is 0 Å². The van der Waals surface area contributed by atoms with E-state index in [9.17, 15) is 9.90 Å². The van der Waals surface area contributed by atoms with E-state index in [0.717, 1.165) is 15.2 Å². The summed E-state index contributed by atoms with van der Waals surface area (Å²) in [6.07, 6.45) is -0.463. The zero-order valence-corrected chi connectivity index (χ0v) is 11.9. The Morgan fingerprint density at radius 3 is 2.89 bits per heavy atom. The zero-order chi connectivity index (χ0) is 14.0. The SMILES string of the molecule is CC(C)(C)OC(=O)NCc1nc2ccc(O)cc2s1. The maximum absolute atomic E-state index is 11.5. The van der Waals surface area contributed by atoms with Crippen LogP contribution in [-0.4, -0.2) is 21.8 Å². The summed E-state index contributed by atoms with van der Waals surface area (Å²) in [6, 6.07) is 5.00. The van der Waals surface area contributed by atoms with Gasteiger partial charge in [-0.15, -0.1) is 11.3 Å². The summed E-state index contributed by atoms with van der Waals surface area (Å²) in [5.41, 5.74) is 0.299. The lowest BCUT2D eigenvalue weighted by molar-refractivity contribution is 0.0523. The lowest BCUT2D eigenvalue weighted by Crippen LogP contribution is -2.32. The van der Waals surface area contributed by atoms with E-state index < -0.39 is 11.7 Å². The first-order valence-electron chi connectivity index (χ1n) is 5.89. The molecule has 1 aromatic heterocycles. The number of phenolic OH excluding ortho intramolecular Hbond substituents is 1. The molecule has 0 atom stereocenters. The van der Waals surface area contributed by atoms with Crippen LogP contribution in [0, 0.1) is 0 Å². The number of hydrogen-bond donors (Lipinski definition) is 2. The van der Waals surface area contributed by atoms with Gasteiger partial charge in [-0.2, -0.15) is 0 Å². The fourth-order valence-corrected chi connectivity index (χ4v) is 2.44. The van der Waals surface area contributed by atoms with Crippen molar-refractivity contribution in [3.05, 3.63) is 23.2 Å². The van der Waals surface area contributed by atoms with Crippen LogP contribution in [0.2, 0.25) is 0 Å². The lowest BCUT2D eigenvalue weighted by Gasteiger charge is -2.19. The van der Waals surface area contributed by atoms with Crippen LogP contribution in [0.4, 0.5) is 4.79 Å². The second kappa shape index (κ2) is 5.05. The number of thiazole rings is 1. The summed E-state index contributed by atoms with van der Waals surface area (Å²) >= 11 is 1.43. The van der Waals surface area contributed by atoms with Gasteiger partial charge in [0.1, 0.15) is 16.4 Å². The maximum atomic E-state index is 11.5. The third-order valence-corrected chi connectivity index (χ3v) is 3.22. The number of phenols is 1. The number of alkyl carbamates (subject to hydrolysis) is 1. The number of benzene rings is 1. The van der Waals surface area contributed by atoms with Crippen molar-refractivity contribution in [1.29, 1.82) is 0 Å². The van der Waals surface area contributed by atoms with Crippen molar-refractivity contribution < 1.29 is 14.6 Å². The first-order valence-corrected chi connectivity index (χ1v) is 6.70. The molecule has 102 valence electrons. The molecule has 0 saturated carbocycles. The minimum absolute atomic E-state index is 0.211. The van der Waals surface area contributed by atoms with E-state index in [2.05, 4.69) is 10.3 Å². The lowest BCUT2D eigenvalue weighted by atomic mass is 10.2. The van der Waals surface area contributed by atoms with Crippen molar-refractivity contribution in [1.82, 2.24) is 10.3 Å². The van der Waals surface area contributed by atoms with Crippen LogP contribution in [0.15, 0.2) is 18.2 Å². The molecular formula is C13H16N2O3S. The van der Waals surface area contributed by atoms with E-state index in [1.165, 1.54) is 11.3 Å². The van der Waals surface area contributed by atoms with Crippen molar-refractivity contribution in [2.45, 2.75) is 32.9 Å². The molecule has 19 heavy (non-hydrogen) atoms. The Bertz CT molecular complexity index is 601. The standard InChI is InChI=1S/C13H16N2O3S/c1-13(2,3)18-12(17)14-7-11-15-9-5-4-8(16)6-10(9)19-11/h4-6,16H,7H2,1-3H3,(H,14,17). The van der Waals surface area contributed by atoms with E-state index in [0.29, 0.717) is 6.54 Å². The Morgan fingerprint density at radius 1 is 1.47 bits per heavy atom. The van der Waals surface area contributed by atoms with Gasteiger partial charge in [-0.1, -0.05) is 0 Å². The van der Waals surface area contributed by atoms with Gasteiger partial charge in [0.15, 0.2) is 0 Å². The van der Waals surface area contributed by atoms with Crippen molar-refractivity contribution in [3.8, 4) is 5.75 Å². The van der Waals surface area contributed by atoms with Gasteiger partial charge in [0.2, 0.25) is 0 Å². The molecule has 0 aliphatic heterocycles. The predicted molar refractivity (Wildman–Crippen MR) is 74.4 cm³/mol. The Hall–Kier alpha value is -1.82. The molecule has 5 nitrogen and oxygen atoms in total. The van der Waals surface area contributed by atoms with Crippen LogP contribution < -0.4 is 5.32 Å². The molecule has 0 unspecified atom stereocenters.